The first kappa shape index (κ1) is 8.79. The van der Waals surface area contributed by atoms with E-state index in [0.29, 0.717) is 0 Å². The van der Waals surface area contributed by atoms with Crippen LogP contribution in [0.25, 0.3) is 0 Å². The normalized spacial score (nSPS) is 7.67. The minimum atomic E-state index is 0. The zero-order valence-electron chi connectivity index (χ0n) is 4.72. The van der Waals surface area contributed by atoms with Crippen molar-refractivity contribution in [2.24, 2.45) is 0 Å². The molecule has 45 valence electrons. The molecule has 0 saturated heterocycles. The van der Waals surface area contributed by atoms with Crippen molar-refractivity contribution in [3.8, 4) is 5.75 Å². The predicted molar refractivity (Wildman–Crippen MR) is 40.4 cm³/mol. The maximum Gasteiger partial charge on any atom is 0.316 e. The third-order valence-corrected chi connectivity index (χ3v) is 0.914. The van der Waals surface area contributed by atoms with Gasteiger partial charge in [-0.3, -0.25) is 0 Å². The standard InChI is InChI=1S/C7H7O.Mg.2H/c1-8-7-5-3-2-4-6-7;;;/h2-3,5-6H,1H3;;;. The molecule has 0 saturated carbocycles. The average molecular weight is 133 g/mol. The molecule has 1 radical (unpaired) electrons. The summed E-state index contributed by atoms with van der Waals surface area (Å²) in [6.45, 7) is 0. The van der Waals surface area contributed by atoms with E-state index >= 15 is 0 Å². The molecule has 1 aromatic rings. The molecule has 1 aromatic carbocycles. The van der Waals surface area contributed by atoms with Gasteiger partial charge >= 0.3 is 23.1 Å². The lowest BCUT2D eigenvalue weighted by molar-refractivity contribution is 0.414. The first-order valence-corrected chi connectivity index (χ1v) is 2.43. The molecule has 0 atom stereocenters. The number of hydrogen-bond donors (Lipinski definition) is 0. The van der Waals surface area contributed by atoms with Gasteiger partial charge in [-0.05, 0) is 18.2 Å². The number of rotatable bonds is 1. The number of methoxy groups -OCH3 is 1. The summed E-state index contributed by atoms with van der Waals surface area (Å²) in [6.07, 6.45) is 0. The van der Waals surface area contributed by atoms with Crippen LogP contribution in [-0.2, 0) is 0 Å². The number of hydrogen-bond acceptors (Lipinski definition) is 1. The summed E-state index contributed by atoms with van der Waals surface area (Å²) in [6, 6.07) is 10.3. The Morgan fingerprint density at radius 3 is 2.67 bits per heavy atom. The van der Waals surface area contributed by atoms with Crippen molar-refractivity contribution in [1.82, 2.24) is 0 Å². The summed E-state index contributed by atoms with van der Waals surface area (Å²) >= 11 is 0. The van der Waals surface area contributed by atoms with Crippen LogP contribution in [-0.4, -0.2) is 30.2 Å². The van der Waals surface area contributed by atoms with Crippen molar-refractivity contribution >= 4 is 23.1 Å². The van der Waals surface area contributed by atoms with E-state index in [2.05, 4.69) is 6.07 Å². The summed E-state index contributed by atoms with van der Waals surface area (Å²) in [5.74, 6) is 0.854. The molecule has 1 nitrogen and oxygen atoms in total. The molecule has 0 aliphatic heterocycles. The fraction of sp³-hybridized carbons (Fsp3) is 0.143. The quantitative estimate of drug-likeness (QED) is 0.509. The van der Waals surface area contributed by atoms with Crippen molar-refractivity contribution in [2.45, 2.75) is 0 Å². The first-order chi connectivity index (χ1) is 3.93. The lowest BCUT2D eigenvalue weighted by Gasteiger charge is -1.93. The molecule has 0 spiro atoms. The van der Waals surface area contributed by atoms with Gasteiger partial charge in [0.25, 0.3) is 0 Å². The summed E-state index contributed by atoms with van der Waals surface area (Å²) in [5.41, 5.74) is 0. The van der Waals surface area contributed by atoms with E-state index in [1.165, 1.54) is 0 Å². The summed E-state index contributed by atoms with van der Waals surface area (Å²) in [7, 11) is 1.64. The highest BCUT2D eigenvalue weighted by Gasteiger charge is 1.80. The van der Waals surface area contributed by atoms with Crippen molar-refractivity contribution in [1.29, 1.82) is 0 Å². The highest BCUT2D eigenvalue weighted by atomic mass is 24.3. The fourth-order valence-corrected chi connectivity index (χ4v) is 0.504. The minimum Gasteiger partial charge on any atom is -0.497 e. The van der Waals surface area contributed by atoms with E-state index < -0.39 is 0 Å². The lowest BCUT2D eigenvalue weighted by atomic mass is 10.3. The zero-order chi connectivity index (χ0) is 5.82. The van der Waals surface area contributed by atoms with Crippen molar-refractivity contribution in [3.63, 3.8) is 0 Å². The molecule has 0 amide bonds. The van der Waals surface area contributed by atoms with Crippen LogP contribution < -0.4 is 4.74 Å². The van der Waals surface area contributed by atoms with Gasteiger partial charge in [0.1, 0.15) is 5.75 Å². The van der Waals surface area contributed by atoms with Gasteiger partial charge in [-0.1, -0.05) is 12.1 Å². The van der Waals surface area contributed by atoms with Gasteiger partial charge in [0.05, 0.1) is 7.11 Å². The molecule has 0 aliphatic carbocycles. The van der Waals surface area contributed by atoms with Crippen LogP contribution in [0.2, 0.25) is 0 Å². The predicted octanol–water partition coefficient (Wildman–Crippen LogP) is 0.579. The Morgan fingerprint density at radius 1 is 1.56 bits per heavy atom. The molecule has 0 aromatic heterocycles. The monoisotopic (exact) mass is 133 g/mol. The topological polar surface area (TPSA) is 9.23 Å². The van der Waals surface area contributed by atoms with Crippen LogP contribution in [0.1, 0.15) is 0 Å². The second-order valence-corrected chi connectivity index (χ2v) is 1.44. The van der Waals surface area contributed by atoms with Crippen molar-refractivity contribution < 1.29 is 4.74 Å². The summed E-state index contributed by atoms with van der Waals surface area (Å²) < 4.78 is 4.88. The highest BCUT2D eigenvalue weighted by Crippen LogP contribution is 2.04. The molecular formula is C7H9MgO. The van der Waals surface area contributed by atoms with Crippen LogP contribution in [0, 0.1) is 6.07 Å². The lowest BCUT2D eigenvalue weighted by Crippen LogP contribution is -1.78. The maximum absolute atomic E-state index is 4.88. The molecule has 1 rings (SSSR count). The SMILES string of the molecule is COc1c[c]ccc1.[MgH2]. The van der Waals surface area contributed by atoms with E-state index in [1.807, 2.05) is 18.2 Å². The second-order valence-electron chi connectivity index (χ2n) is 1.44. The molecule has 0 aliphatic rings. The smallest absolute Gasteiger partial charge is 0.316 e. The van der Waals surface area contributed by atoms with E-state index in [1.54, 1.807) is 13.2 Å². The van der Waals surface area contributed by atoms with Crippen LogP contribution in [0.5, 0.6) is 5.75 Å². The largest absolute Gasteiger partial charge is 0.497 e. The Morgan fingerprint density at radius 2 is 2.33 bits per heavy atom. The Balaban J connectivity index is 0.000000640. The van der Waals surface area contributed by atoms with Crippen molar-refractivity contribution in [2.75, 3.05) is 7.11 Å². The Bertz CT molecular complexity index is 150. The third-order valence-electron chi connectivity index (χ3n) is 0.914. The fourth-order valence-electron chi connectivity index (χ4n) is 0.504. The van der Waals surface area contributed by atoms with Crippen LogP contribution >= 0.6 is 0 Å². The van der Waals surface area contributed by atoms with Gasteiger partial charge in [-0.2, -0.15) is 0 Å². The Kier molecular flexibility index (Phi) is 4.53. The molecule has 0 unspecified atom stereocenters. The number of benzene rings is 1. The molecule has 0 bridgehead atoms. The molecule has 0 N–H and O–H groups in total. The molecule has 0 heterocycles. The third kappa shape index (κ3) is 2.72. The van der Waals surface area contributed by atoms with E-state index in [0.717, 1.165) is 5.75 Å². The molecule has 0 fully saturated rings. The van der Waals surface area contributed by atoms with Gasteiger partial charge in [0.15, 0.2) is 0 Å². The Labute approximate surface area is 71.2 Å². The van der Waals surface area contributed by atoms with Gasteiger partial charge in [0.2, 0.25) is 0 Å². The molecule has 9 heavy (non-hydrogen) atoms. The molecule has 2 heteroatoms. The molecular weight excluding hydrogens is 124 g/mol. The summed E-state index contributed by atoms with van der Waals surface area (Å²) in [5, 5.41) is 0. The van der Waals surface area contributed by atoms with E-state index in [9.17, 15) is 0 Å². The van der Waals surface area contributed by atoms with E-state index in [4.69, 9.17) is 4.74 Å². The first-order valence-electron chi connectivity index (χ1n) is 2.43. The van der Waals surface area contributed by atoms with Crippen LogP contribution in [0.4, 0.5) is 0 Å². The Hall–Kier alpha value is -0.214. The zero-order valence-corrected chi connectivity index (χ0v) is 4.72. The van der Waals surface area contributed by atoms with Gasteiger partial charge < -0.3 is 4.74 Å². The van der Waals surface area contributed by atoms with Gasteiger partial charge in [-0.25, -0.2) is 0 Å². The maximum atomic E-state index is 4.88. The summed E-state index contributed by atoms with van der Waals surface area (Å²) in [4.78, 5) is 0. The van der Waals surface area contributed by atoms with Crippen LogP contribution in [0.15, 0.2) is 24.3 Å². The second kappa shape index (κ2) is 4.64. The minimum absolute atomic E-state index is 0. The number of ether oxygens (including phenoxy) is 1. The van der Waals surface area contributed by atoms with Crippen molar-refractivity contribution in [3.05, 3.63) is 30.3 Å². The van der Waals surface area contributed by atoms with Crippen LogP contribution in [0.3, 0.4) is 0 Å². The van der Waals surface area contributed by atoms with Gasteiger partial charge in [-0.15, -0.1) is 0 Å². The average Bonchev–Trinajstić information content (AvgIpc) is 1.90. The van der Waals surface area contributed by atoms with E-state index in [-0.39, 0.29) is 23.1 Å². The highest BCUT2D eigenvalue weighted by molar-refractivity contribution is 5.75. The van der Waals surface area contributed by atoms with Gasteiger partial charge in [0, 0.05) is 0 Å².